The molecule has 0 aromatic carbocycles. The molecular formula is C15H23N3O4. The van der Waals surface area contributed by atoms with Crippen LogP contribution >= 0.6 is 0 Å². The number of aromatic nitrogens is 2. The smallest absolute Gasteiger partial charge is 0.248 e. The number of rotatable bonds is 4. The number of carbonyl (C=O) groups excluding carboxylic acids is 1. The van der Waals surface area contributed by atoms with Gasteiger partial charge in [-0.15, -0.1) is 10.2 Å². The zero-order valence-corrected chi connectivity index (χ0v) is 13.2. The van der Waals surface area contributed by atoms with Crippen molar-refractivity contribution < 1.29 is 18.7 Å². The van der Waals surface area contributed by atoms with Crippen molar-refractivity contribution in [3.05, 3.63) is 11.8 Å². The molecule has 3 atom stereocenters. The van der Waals surface area contributed by atoms with E-state index >= 15 is 0 Å². The lowest BCUT2D eigenvalue weighted by atomic mass is 9.79. The monoisotopic (exact) mass is 309 g/mol. The average Bonchev–Trinajstić information content (AvgIpc) is 2.97. The number of carbonyl (C=O) groups is 1. The zero-order valence-electron chi connectivity index (χ0n) is 13.2. The van der Waals surface area contributed by atoms with Gasteiger partial charge in [0.25, 0.3) is 0 Å². The van der Waals surface area contributed by atoms with E-state index in [2.05, 4.69) is 10.2 Å². The van der Waals surface area contributed by atoms with Gasteiger partial charge in [-0.2, -0.15) is 0 Å². The van der Waals surface area contributed by atoms with Crippen LogP contribution in [0.15, 0.2) is 4.42 Å². The summed E-state index contributed by atoms with van der Waals surface area (Å²) in [6.07, 6.45) is 1.88. The minimum atomic E-state index is 0.0475. The molecule has 0 saturated carbocycles. The van der Waals surface area contributed by atoms with Crippen LogP contribution in [0.1, 0.15) is 37.5 Å². The number of amides is 1. The average molecular weight is 309 g/mol. The quantitative estimate of drug-likeness (QED) is 0.830. The Morgan fingerprint density at radius 2 is 2.27 bits per heavy atom. The summed E-state index contributed by atoms with van der Waals surface area (Å²) in [5.41, 5.74) is 0. The highest BCUT2D eigenvalue weighted by Crippen LogP contribution is 2.38. The summed E-state index contributed by atoms with van der Waals surface area (Å²) in [5, 5.41) is 8.12. The van der Waals surface area contributed by atoms with Gasteiger partial charge in [-0.05, 0) is 19.8 Å². The molecule has 0 spiro atoms. The van der Waals surface area contributed by atoms with Crippen molar-refractivity contribution in [2.45, 2.75) is 38.7 Å². The normalized spacial score (nSPS) is 28.5. The Morgan fingerprint density at radius 3 is 3.00 bits per heavy atom. The first kappa shape index (κ1) is 15.4. The van der Waals surface area contributed by atoms with E-state index in [9.17, 15) is 4.79 Å². The van der Waals surface area contributed by atoms with Crippen molar-refractivity contribution in [2.24, 2.45) is 5.92 Å². The minimum Gasteiger partial charge on any atom is -0.425 e. The number of piperidine rings is 1. The van der Waals surface area contributed by atoms with Crippen LogP contribution in [0.2, 0.25) is 0 Å². The first-order chi connectivity index (χ1) is 10.7. The van der Waals surface area contributed by atoms with Gasteiger partial charge < -0.3 is 18.8 Å². The molecule has 122 valence electrons. The van der Waals surface area contributed by atoms with Gasteiger partial charge in [0.2, 0.25) is 17.7 Å². The van der Waals surface area contributed by atoms with E-state index in [4.69, 9.17) is 13.9 Å². The number of hydrogen-bond donors (Lipinski definition) is 0. The van der Waals surface area contributed by atoms with Gasteiger partial charge in [-0.1, -0.05) is 0 Å². The zero-order chi connectivity index (χ0) is 15.5. The summed E-state index contributed by atoms with van der Waals surface area (Å²) in [4.78, 5) is 14.1. The first-order valence-corrected chi connectivity index (χ1v) is 7.96. The molecule has 22 heavy (non-hydrogen) atoms. The van der Waals surface area contributed by atoms with Crippen molar-refractivity contribution in [3.8, 4) is 0 Å². The number of hydrogen-bond acceptors (Lipinski definition) is 6. The molecule has 0 bridgehead atoms. The Morgan fingerprint density at radius 1 is 1.41 bits per heavy atom. The van der Waals surface area contributed by atoms with Crippen LogP contribution in [-0.4, -0.2) is 60.0 Å². The van der Waals surface area contributed by atoms with Crippen molar-refractivity contribution >= 4 is 5.91 Å². The molecule has 3 rings (SSSR count). The van der Waals surface area contributed by atoms with Crippen molar-refractivity contribution in [1.82, 2.24) is 15.1 Å². The molecule has 1 amide bonds. The van der Waals surface area contributed by atoms with E-state index in [-0.39, 0.29) is 30.5 Å². The Labute approximate surface area is 130 Å². The summed E-state index contributed by atoms with van der Waals surface area (Å²) in [6, 6.07) is 0. The Balaban J connectivity index is 1.70. The second kappa shape index (κ2) is 6.75. The van der Waals surface area contributed by atoms with Gasteiger partial charge >= 0.3 is 0 Å². The molecule has 0 radical (unpaired) electrons. The fourth-order valence-corrected chi connectivity index (χ4v) is 3.39. The van der Waals surface area contributed by atoms with Gasteiger partial charge in [0.1, 0.15) is 6.61 Å². The lowest BCUT2D eigenvalue weighted by molar-refractivity contribution is -0.144. The number of fused-ring (bicyclic) bond motifs is 1. The van der Waals surface area contributed by atoms with Gasteiger partial charge in [-0.3, -0.25) is 4.79 Å². The van der Waals surface area contributed by atoms with Crippen LogP contribution in [-0.2, 0) is 14.3 Å². The number of likely N-dealkylation sites (tertiary alicyclic amines) is 1. The molecule has 1 aromatic rings. The van der Waals surface area contributed by atoms with E-state index in [0.717, 1.165) is 19.4 Å². The lowest BCUT2D eigenvalue weighted by Gasteiger charge is -2.44. The second-order valence-electron chi connectivity index (χ2n) is 5.89. The molecule has 2 aliphatic rings. The third-order valence-electron chi connectivity index (χ3n) is 4.51. The van der Waals surface area contributed by atoms with Crippen molar-refractivity contribution in [1.29, 1.82) is 0 Å². The highest BCUT2D eigenvalue weighted by Gasteiger charge is 2.42. The molecule has 2 fully saturated rings. The van der Waals surface area contributed by atoms with Gasteiger partial charge in [0, 0.05) is 45.1 Å². The van der Waals surface area contributed by atoms with E-state index in [1.807, 2.05) is 11.8 Å². The Hall–Kier alpha value is -1.47. The molecule has 7 heteroatoms. The van der Waals surface area contributed by atoms with Crippen molar-refractivity contribution in [2.75, 3.05) is 32.9 Å². The Kier molecular flexibility index (Phi) is 4.73. The number of ether oxygens (including phenoxy) is 2. The van der Waals surface area contributed by atoms with Gasteiger partial charge in [0.15, 0.2) is 0 Å². The number of nitrogens with zero attached hydrogens (tertiary/aromatic N) is 3. The molecular weight excluding hydrogens is 286 g/mol. The predicted octanol–water partition coefficient (Wildman–Crippen LogP) is 1.14. The van der Waals surface area contributed by atoms with E-state index < -0.39 is 0 Å². The van der Waals surface area contributed by atoms with Crippen LogP contribution in [0.4, 0.5) is 0 Å². The van der Waals surface area contributed by atoms with Gasteiger partial charge in [0.05, 0.1) is 6.10 Å². The molecule has 3 heterocycles. The maximum atomic E-state index is 12.2. The third-order valence-corrected chi connectivity index (χ3v) is 4.51. The molecule has 0 aliphatic carbocycles. The van der Waals surface area contributed by atoms with Gasteiger partial charge in [-0.25, -0.2) is 0 Å². The van der Waals surface area contributed by atoms with Crippen LogP contribution in [0.25, 0.3) is 0 Å². The largest absolute Gasteiger partial charge is 0.425 e. The summed E-state index contributed by atoms with van der Waals surface area (Å²) >= 11 is 0. The fourth-order valence-electron chi connectivity index (χ4n) is 3.39. The van der Waals surface area contributed by atoms with E-state index in [1.165, 1.54) is 0 Å². The minimum absolute atomic E-state index is 0.0475. The molecule has 0 N–H and O–H groups in total. The van der Waals surface area contributed by atoms with Crippen molar-refractivity contribution in [3.63, 3.8) is 0 Å². The molecule has 2 aliphatic heterocycles. The van der Waals surface area contributed by atoms with E-state index in [1.54, 1.807) is 6.92 Å². The molecule has 7 nitrogen and oxygen atoms in total. The SMILES string of the molecule is CCOCC(=O)N1CC[C@H]2OCC[C@@H](c3nnc(C)o3)[C@H]2C1. The highest BCUT2D eigenvalue weighted by molar-refractivity contribution is 5.77. The van der Waals surface area contributed by atoms with Crippen LogP contribution < -0.4 is 0 Å². The topological polar surface area (TPSA) is 77.7 Å². The summed E-state index contributed by atoms with van der Waals surface area (Å²) in [6.45, 7) is 6.50. The second-order valence-corrected chi connectivity index (χ2v) is 5.89. The first-order valence-electron chi connectivity index (χ1n) is 7.96. The van der Waals surface area contributed by atoms with E-state index in [0.29, 0.717) is 31.5 Å². The maximum absolute atomic E-state index is 12.2. The summed E-state index contributed by atoms with van der Waals surface area (Å²) in [5.74, 6) is 1.69. The fraction of sp³-hybridized carbons (Fsp3) is 0.800. The predicted molar refractivity (Wildman–Crippen MR) is 77.3 cm³/mol. The lowest BCUT2D eigenvalue weighted by Crippen LogP contribution is -2.51. The summed E-state index contributed by atoms with van der Waals surface area (Å²) in [7, 11) is 0. The van der Waals surface area contributed by atoms with Crippen LogP contribution in [0, 0.1) is 12.8 Å². The maximum Gasteiger partial charge on any atom is 0.248 e. The molecule has 0 unspecified atom stereocenters. The summed E-state index contributed by atoms with van der Waals surface area (Å²) < 4.78 is 16.8. The highest BCUT2D eigenvalue weighted by atomic mass is 16.5. The standard InChI is InChI=1S/C15H23N3O4/c1-3-20-9-14(19)18-6-4-13-12(8-18)11(5-7-21-13)15-17-16-10(2)22-15/h11-13H,3-9H2,1-2H3/t11-,12-,13-/m1/s1. The third kappa shape index (κ3) is 3.15. The molecule has 1 aromatic heterocycles. The van der Waals surface area contributed by atoms with Crippen LogP contribution in [0.3, 0.4) is 0 Å². The van der Waals surface area contributed by atoms with Crippen LogP contribution in [0.5, 0.6) is 0 Å². The Bertz CT molecular complexity index is 519. The molecule has 2 saturated heterocycles. The number of aryl methyl sites for hydroxylation is 1.